The molecule has 5 aliphatic heterocycles. The van der Waals surface area contributed by atoms with Crippen molar-refractivity contribution in [1.29, 1.82) is 0 Å². The monoisotopic (exact) mass is 697 g/mol. The van der Waals surface area contributed by atoms with Crippen molar-refractivity contribution in [3.05, 3.63) is 11.6 Å². The molecule has 4 fully saturated rings. The summed E-state index contributed by atoms with van der Waals surface area (Å²) in [5, 5.41) is 22.5. The van der Waals surface area contributed by atoms with Gasteiger partial charge in [0, 0.05) is 31.4 Å². The fraction of sp³-hybridized carbons (Fsp3) is 0.919. The SMILES string of the molecule is CC[C@H]1OC(=O)[C@H](C)[C@@H](OC2C[C@@](C)(OC)[C@@H](O)[C@H](C)O2)[C@H](C)[C@@H](OC2O[C@H](C)C[C@H](N(C)C)[C@H]2O)[C@@]2(C)C[C@@H](C)[C@]3(O[C@]1(C)C=C3C)O2. The van der Waals surface area contributed by atoms with Crippen molar-refractivity contribution in [3.8, 4) is 0 Å². The zero-order valence-corrected chi connectivity index (χ0v) is 31.9. The number of hydrogen-bond acceptors (Lipinski definition) is 12. The van der Waals surface area contributed by atoms with E-state index >= 15 is 0 Å². The molecule has 0 aromatic heterocycles. The van der Waals surface area contributed by atoms with Gasteiger partial charge in [0.2, 0.25) is 0 Å². The number of cyclic esters (lactones) is 1. The number of hydrogen-bond donors (Lipinski definition) is 2. The molecule has 5 heterocycles. The number of rotatable bonds is 7. The van der Waals surface area contributed by atoms with Gasteiger partial charge >= 0.3 is 5.97 Å². The van der Waals surface area contributed by atoms with Gasteiger partial charge in [-0.1, -0.05) is 20.8 Å². The average Bonchev–Trinajstić information content (AvgIpc) is 3.45. The van der Waals surface area contributed by atoms with E-state index in [0.29, 0.717) is 19.3 Å². The van der Waals surface area contributed by atoms with E-state index in [0.717, 1.165) is 5.57 Å². The van der Waals surface area contributed by atoms with Crippen LogP contribution in [-0.4, -0.2) is 126 Å². The quantitative estimate of drug-likeness (QED) is 0.295. The van der Waals surface area contributed by atoms with Gasteiger partial charge in [-0.3, -0.25) is 4.79 Å². The van der Waals surface area contributed by atoms with Crippen LogP contribution in [0.3, 0.4) is 0 Å². The van der Waals surface area contributed by atoms with Crippen LogP contribution in [0.25, 0.3) is 0 Å². The Balaban J connectivity index is 1.60. The molecule has 5 rings (SSSR count). The summed E-state index contributed by atoms with van der Waals surface area (Å²) in [7, 11) is 5.44. The van der Waals surface area contributed by atoms with Crippen LogP contribution in [0.4, 0.5) is 0 Å². The molecular weight excluding hydrogens is 634 g/mol. The van der Waals surface area contributed by atoms with Crippen LogP contribution in [-0.2, 0) is 42.7 Å². The van der Waals surface area contributed by atoms with Gasteiger partial charge in [-0.25, -0.2) is 0 Å². The molecule has 0 aromatic carbocycles. The summed E-state index contributed by atoms with van der Waals surface area (Å²) in [4.78, 5) is 16.2. The van der Waals surface area contributed by atoms with Crippen molar-refractivity contribution >= 4 is 5.97 Å². The fourth-order valence-corrected chi connectivity index (χ4v) is 9.37. The lowest BCUT2D eigenvalue weighted by molar-refractivity contribution is -0.337. The highest BCUT2D eigenvalue weighted by molar-refractivity contribution is 5.73. The van der Waals surface area contributed by atoms with Gasteiger partial charge in [-0.05, 0) is 93.5 Å². The lowest BCUT2D eigenvalue weighted by atomic mass is 9.78. The second-order valence-electron chi connectivity index (χ2n) is 16.4. The van der Waals surface area contributed by atoms with Gasteiger partial charge in [-0.15, -0.1) is 0 Å². The van der Waals surface area contributed by atoms with Crippen molar-refractivity contribution in [3.63, 3.8) is 0 Å². The molecule has 3 bridgehead atoms. The van der Waals surface area contributed by atoms with Crippen LogP contribution in [0, 0.1) is 17.8 Å². The minimum absolute atomic E-state index is 0.0864. The number of aliphatic hydroxyl groups excluding tert-OH is 2. The maximum absolute atomic E-state index is 14.2. The number of esters is 1. The first-order valence-corrected chi connectivity index (χ1v) is 18.2. The third kappa shape index (κ3) is 6.89. The van der Waals surface area contributed by atoms with Gasteiger partial charge in [0.25, 0.3) is 0 Å². The first kappa shape index (κ1) is 39.0. The minimum atomic E-state index is -1.07. The minimum Gasteiger partial charge on any atom is -0.459 e. The molecule has 12 heteroatoms. The van der Waals surface area contributed by atoms with E-state index < -0.39 is 89.6 Å². The molecule has 0 aliphatic carbocycles. The van der Waals surface area contributed by atoms with E-state index in [1.165, 1.54) is 0 Å². The number of likely N-dealkylation sites (N-methyl/N-ethyl adjacent to an activating group) is 1. The molecular formula is C37H63NO11. The summed E-state index contributed by atoms with van der Waals surface area (Å²) in [6, 6.07) is -0.191. The van der Waals surface area contributed by atoms with Crippen molar-refractivity contribution in [2.45, 2.75) is 179 Å². The summed E-state index contributed by atoms with van der Waals surface area (Å²) < 4.78 is 52.5. The normalized spacial score (nSPS) is 52.4. The standard InChI is InChI=1S/C37H63NO11/c1-14-26-34(8)16-19(2)37(48-34)20(3)17-36(10,49-37)31(47-33-28(39)25(38(11)12)15-21(4)43-33)22(5)29(23(6)32(41)45-26)46-27-18-35(9,42-13)30(40)24(7)44-27/h16,20-31,33,39-40H,14-15,17-18H2,1-13H3/t20-,21-,22+,23-,24+,25+,26-,27?,28-,29+,30+,31-,33?,34-,35-,36-,37-/m1/s1. The summed E-state index contributed by atoms with van der Waals surface area (Å²) in [6.45, 7) is 19.4. The Hall–Kier alpha value is -1.19. The second-order valence-corrected chi connectivity index (χ2v) is 16.4. The van der Waals surface area contributed by atoms with Crippen LogP contribution in [0.2, 0.25) is 0 Å². The number of ether oxygens (including phenoxy) is 8. The van der Waals surface area contributed by atoms with Crippen molar-refractivity contribution in [1.82, 2.24) is 4.90 Å². The van der Waals surface area contributed by atoms with Crippen LogP contribution in [0.5, 0.6) is 0 Å². The molecule has 1 spiro atoms. The summed E-state index contributed by atoms with van der Waals surface area (Å²) >= 11 is 0. The number of methoxy groups -OCH3 is 1. The van der Waals surface area contributed by atoms with Gasteiger partial charge in [0.05, 0.1) is 41.5 Å². The number of fused-ring (bicyclic) bond motifs is 2. The van der Waals surface area contributed by atoms with Gasteiger partial charge < -0.3 is 53.0 Å². The fourth-order valence-electron chi connectivity index (χ4n) is 9.37. The van der Waals surface area contributed by atoms with Crippen molar-refractivity contribution in [2.75, 3.05) is 21.2 Å². The first-order valence-electron chi connectivity index (χ1n) is 18.2. The van der Waals surface area contributed by atoms with Gasteiger partial charge in [0.15, 0.2) is 18.4 Å². The molecule has 2 unspecified atom stereocenters. The molecule has 0 amide bonds. The van der Waals surface area contributed by atoms with Crippen LogP contribution >= 0.6 is 0 Å². The molecule has 0 radical (unpaired) electrons. The summed E-state index contributed by atoms with van der Waals surface area (Å²) in [5.74, 6) is -2.88. The number of nitrogens with zero attached hydrogens (tertiary/aromatic N) is 1. The highest BCUT2D eigenvalue weighted by Crippen LogP contribution is 2.56. The topological polar surface area (TPSA) is 135 Å². The lowest BCUT2D eigenvalue weighted by Crippen LogP contribution is -2.61. The third-order valence-electron chi connectivity index (χ3n) is 12.2. The Labute approximate surface area is 293 Å². The second kappa shape index (κ2) is 14.0. The molecule has 282 valence electrons. The zero-order chi connectivity index (χ0) is 36.4. The van der Waals surface area contributed by atoms with Gasteiger partial charge in [-0.2, -0.15) is 0 Å². The Morgan fingerprint density at radius 2 is 1.67 bits per heavy atom. The average molecular weight is 698 g/mol. The van der Waals surface area contributed by atoms with E-state index in [-0.39, 0.29) is 24.5 Å². The number of carbonyl (C=O) groups excluding carboxylic acids is 1. The highest BCUT2D eigenvalue weighted by Gasteiger charge is 2.65. The van der Waals surface area contributed by atoms with Crippen LogP contribution in [0.1, 0.15) is 94.9 Å². The maximum atomic E-state index is 14.2. The summed E-state index contributed by atoms with van der Waals surface area (Å²) in [6.07, 6.45) is -2.44. The first-order chi connectivity index (χ1) is 22.7. The smallest absolute Gasteiger partial charge is 0.311 e. The predicted octanol–water partition coefficient (Wildman–Crippen LogP) is 3.94. The molecule has 49 heavy (non-hydrogen) atoms. The summed E-state index contributed by atoms with van der Waals surface area (Å²) in [5.41, 5.74) is -1.90. The molecule has 0 saturated carbocycles. The number of aliphatic hydroxyl groups is 2. The third-order valence-corrected chi connectivity index (χ3v) is 12.2. The predicted molar refractivity (Wildman–Crippen MR) is 180 cm³/mol. The molecule has 5 aliphatic rings. The molecule has 12 nitrogen and oxygen atoms in total. The maximum Gasteiger partial charge on any atom is 0.311 e. The Bertz CT molecular complexity index is 1230. The van der Waals surface area contributed by atoms with E-state index in [9.17, 15) is 15.0 Å². The van der Waals surface area contributed by atoms with E-state index in [2.05, 4.69) is 6.92 Å². The zero-order valence-electron chi connectivity index (χ0n) is 31.9. The van der Waals surface area contributed by atoms with Crippen LogP contribution < -0.4 is 0 Å². The molecule has 4 saturated heterocycles. The molecule has 0 aromatic rings. The highest BCUT2D eigenvalue weighted by atomic mass is 16.8. The molecule has 17 atom stereocenters. The van der Waals surface area contributed by atoms with E-state index in [1.807, 2.05) is 73.5 Å². The van der Waals surface area contributed by atoms with Crippen molar-refractivity contribution in [2.24, 2.45) is 17.8 Å². The lowest BCUT2D eigenvalue weighted by Gasteiger charge is -2.49. The van der Waals surface area contributed by atoms with Crippen LogP contribution in [0.15, 0.2) is 11.6 Å². The molecule has 2 N–H and O–H groups in total. The van der Waals surface area contributed by atoms with Crippen molar-refractivity contribution < 1.29 is 52.9 Å². The van der Waals surface area contributed by atoms with Gasteiger partial charge in [0.1, 0.15) is 23.9 Å². The van der Waals surface area contributed by atoms with E-state index in [1.54, 1.807) is 21.0 Å². The Morgan fingerprint density at radius 1 is 1.00 bits per heavy atom. The Kier molecular flexibility index (Phi) is 11.1. The largest absolute Gasteiger partial charge is 0.459 e. The Morgan fingerprint density at radius 3 is 2.29 bits per heavy atom. The number of carbonyl (C=O) groups is 1. The van der Waals surface area contributed by atoms with E-state index in [4.69, 9.17) is 37.9 Å².